The van der Waals surface area contributed by atoms with Gasteiger partial charge in [0.1, 0.15) is 0 Å². The number of nitrogens with zero attached hydrogens (tertiary/aromatic N) is 2. The Balaban J connectivity index is 0.00000190. The molecule has 0 atom stereocenters. The number of piperidine rings is 1. The van der Waals surface area contributed by atoms with Crippen LogP contribution in [-0.2, 0) is 25.9 Å². The van der Waals surface area contributed by atoms with Gasteiger partial charge in [-0.3, -0.25) is 9.80 Å². The predicted molar refractivity (Wildman–Crippen MR) is 165 cm³/mol. The molecule has 37 heavy (non-hydrogen) atoms. The molecule has 0 N–H and O–H groups in total. The summed E-state index contributed by atoms with van der Waals surface area (Å²) >= 11 is 8.21. The van der Waals surface area contributed by atoms with Crippen LogP contribution in [0.1, 0.15) is 41.5 Å². The highest BCUT2D eigenvalue weighted by Crippen LogP contribution is 2.29. The number of halogens is 3. The molecule has 5 rings (SSSR count). The summed E-state index contributed by atoms with van der Waals surface area (Å²) in [6.07, 6.45) is 6.31. The first-order chi connectivity index (χ1) is 17.2. The molecule has 2 aliphatic heterocycles. The lowest BCUT2D eigenvalue weighted by atomic mass is 9.94. The summed E-state index contributed by atoms with van der Waals surface area (Å²) < 4.78 is 0. The number of benzene rings is 3. The SMILES string of the molecule is Cl.Cl.Clc1cccc(CN2CCC(CCSc3ccc4c(c3)CCN(Cc3ccccc3)CC4)CC2)c1. The van der Waals surface area contributed by atoms with Crippen molar-refractivity contribution in [1.29, 1.82) is 0 Å². The van der Waals surface area contributed by atoms with Gasteiger partial charge in [-0.1, -0.05) is 60.1 Å². The maximum absolute atomic E-state index is 6.15. The second kappa shape index (κ2) is 15.4. The second-order valence-corrected chi connectivity index (χ2v) is 11.8. The maximum Gasteiger partial charge on any atom is 0.0409 e. The molecular weight excluding hydrogens is 539 g/mol. The largest absolute Gasteiger partial charge is 0.299 e. The third-order valence-electron chi connectivity index (χ3n) is 7.62. The van der Waals surface area contributed by atoms with Gasteiger partial charge >= 0.3 is 0 Å². The van der Waals surface area contributed by atoms with Crippen LogP contribution in [0.15, 0.2) is 77.7 Å². The molecule has 0 spiro atoms. The molecule has 0 bridgehead atoms. The van der Waals surface area contributed by atoms with Crippen LogP contribution in [0.4, 0.5) is 0 Å². The first kappa shape index (κ1) is 30.3. The lowest BCUT2D eigenvalue weighted by molar-refractivity contribution is 0.175. The Labute approximate surface area is 245 Å². The van der Waals surface area contributed by atoms with Gasteiger partial charge in [0.2, 0.25) is 0 Å². The van der Waals surface area contributed by atoms with E-state index in [4.69, 9.17) is 11.6 Å². The van der Waals surface area contributed by atoms with Crippen LogP contribution >= 0.6 is 48.2 Å². The fourth-order valence-corrected chi connectivity index (χ4v) is 6.80. The molecule has 0 unspecified atom stereocenters. The van der Waals surface area contributed by atoms with Crippen molar-refractivity contribution in [3.8, 4) is 0 Å². The molecule has 0 aromatic heterocycles. The average Bonchev–Trinajstić information content (AvgIpc) is 3.08. The zero-order valence-corrected chi connectivity index (χ0v) is 24.7. The quantitative estimate of drug-likeness (QED) is 0.249. The van der Waals surface area contributed by atoms with E-state index in [2.05, 4.69) is 88.3 Å². The van der Waals surface area contributed by atoms with E-state index < -0.39 is 0 Å². The van der Waals surface area contributed by atoms with Crippen molar-refractivity contribution in [2.45, 2.75) is 50.1 Å². The van der Waals surface area contributed by atoms with Gasteiger partial charge in [0, 0.05) is 36.1 Å². The number of rotatable bonds is 8. The van der Waals surface area contributed by atoms with Crippen LogP contribution in [0.2, 0.25) is 5.02 Å². The Morgan fingerprint density at radius 1 is 0.703 bits per heavy atom. The van der Waals surface area contributed by atoms with Crippen molar-refractivity contribution in [3.63, 3.8) is 0 Å². The first-order valence-electron chi connectivity index (χ1n) is 13.2. The fraction of sp³-hybridized carbons (Fsp3) is 0.419. The monoisotopic (exact) mass is 576 g/mol. The first-order valence-corrected chi connectivity index (χ1v) is 14.6. The Morgan fingerprint density at radius 2 is 1.38 bits per heavy atom. The van der Waals surface area contributed by atoms with Crippen LogP contribution in [-0.4, -0.2) is 41.7 Å². The summed E-state index contributed by atoms with van der Waals surface area (Å²) in [6.45, 7) is 6.82. The van der Waals surface area contributed by atoms with Gasteiger partial charge in [-0.05, 0) is 103 Å². The Hall–Kier alpha value is -1.20. The lowest BCUT2D eigenvalue weighted by Crippen LogP contribution is -2.33. The second-order valence-electron chi connectivity index (χ2n) is 10.2. The molecule has 2 heterocycles. The molecule has 1 saturated heterocycles. The molecule has 0 saturated carbocycles. The number of thioether (sulfide) groups is 1. The van der Waals surface area contributed by atoms with Gasteiger partial charge in [-0.2, -0.15) is 0 Å². The molecule has 0 aliphatic carbocycles. The van der Waals surface area contributed by atoms with Crippen molar-refractivity contribution in [2.24, 2.45) is 5.92 Å². The zero-order valence-electron chi connectivity index (χ0n) is 21.5. The third-order valence-corrected chi connectivity index (χ3v) is 8.88. The molecule has 3 aromatic carbocycles. The standard InChI is InChI=1S/C31H37ClN2S.2ClH/c32-30-8-4-7-27(21-30)24-33-16-11-25(12-17-33)15-20-35-31-10-9-28-13-18-34(19-14-29(28)22-31)23-26-5-2-1-3-6-26;;/h1-10,21-22,25H,11-20,23-24H2;2*1H. The van der Waals surface area contributed by atoms with E-state index in [1.807, 2.05) is 6.07 Å². The minimum atomic E-state index is 0. The minimum Gasteiger partial charge on any atom is -0.299 e. The summed E-state index contributed by atoms with van der Waals surface area (Å²) in [7, 11) is 0. The molecule has 1 fully saturated rings. The molecular formula is C31H39Cl3N2S. The van der Waals surface area contributed by atoms with E-state index in [1.54, 1.807) is 11.1 Å². The third kappa shape index (κ3) is 9.20. The van der Waals surface area contributed by atoms with Crippen molar-refractivity contribution >= 4 is 48.2 Å². The lowest BCUT2D eigenvalue weighted by Gasteiger charge is -2.32. The molecule has 0 amide bonds. The number of hydrogen-bond donors (Lipinski definition) is 0. The van der Waals surface area contributed by atoms with E-state index in [1.165, 1.54) is 67.0 Å². The van der Waals surface area contributed by atoms with Crippen LogP contribution in [0.25, 0.3) is 0 Å². The number of likely N-dealkylation sites (tertiary alicyclic amines) is 1. The van der Waals surface area contributed by atoms with Gasteiger partial charge in [0.25, 0.3) is 0 Å². The molecule has 2 nitrogen and oxygen atoms in total. The Kier molecular flexibility index (Phi) is 12.6. The smallest absolute Gasteiger partial charge is 0.0409 e. The number of hydrogen-bond acceptors (Lipinski definition) is 3. The predicted octanol–water partition coefficient (Wildman–Crippen LogP) is 8.18. The molecule has 2 aliphatic rings. The van der Waals surface area contributed by atoms with Gasteiger partial charge in [-0.25, -0.2) is 0 Å². The van der Waals surface area contributed by atoms with Crippen LogP contribution in [0, 0.1) is 5.92 Å². The van der Waals surface area contributed by atoms with Crippen molar-refractivity contribution < 1.29 is 0 Å². The summed E-state index contributed by atoms with van der Waals surface area (Å²) in [6, 6.07) is 26.5. The van der Waals surface area contributed by atoms with Crippen LogP contribution < -0.4 is 0 Å². The summed E-state index contributed by atoms with van der Waals surface area (Å²) in [5.41, 5.74) is 5.87. The fourth-order valence-electron chi connectivity index (χ4n) is 5.51. The van der Waals surface area contributed by atoms with E-state index in [0.717, 1.165) is 37.1 Å². The molecule has 0 radical (unpaired) electrons. The highest BCUT2D eigenvalue weighted by molar-refractivity contribution is 7.99. The highest BCUT2D eigenvalue weighted by atomic mass is 35.5. The van der Waals surface area contributed by atoms with Gasteiger partial charge in [0.05, 0.1) is 0 Å². The summed E-state index contributed by atoms with van der Waals surface area (Å²) in [4.78, 5) is 6.66. The van der Waals surface area contributed by atoms with Gasteiger partial charge < -0.3 is 0 Å². The Morgan fingerprint density at radius 3 is 2.14 bits per heavy atom. The molecule has 200 valence electrons. The minimum absolute atomic E-state index is 0. The molecule has 3 aromatic rings. The van der Waals surface area contributed by atoms with Crippen molar-refractivity contribution in [3.05, 3.63) is 100 Å². The van der Waals surface area contributed by atoms with E-state index in [0.29, 0.717) is 0 Å². The van der Waals surface area contributed by atoms with Crippen molar-refractivity contribution in [1.82, 2.24) is 9.80 Å². The summed E-state index contributed by atoms with van der Waals surface area (Å²) in [5.74, 6) is 2.10. The van der Waals surface area contributed by atoms with Crippen molar-refractivity contribution in [2.75, 3.05) is 31.9 Å². The van der Waals surface area contributed by atoms with Crippen LogP contribution in [0.5, 0.6) is 0 Å². The number of fused-ring (bicyclic) bond motifs is 1. The Bertz CT molecular complexity index is 1090. The van der Waals surface area contributed by atoms with E-state index >= 15 is 0 Å². The van der Waals surface area contributed by atoms with Gasteiger partial charge in [0.15, 0.2) is 0 Å². The topological polar surface area (TPSA) is 6.48 Å². The average molecular weight is 578 g/mol. The molecule has 6 heteroatoms. The highest BCUT2D eigenvalue weighted by Gasteiger charge is 2.19. The maximum atomic E-state index is 6.15. The van der Waals surface area contributed by atoms with E-state index in [-0.39, 0.29) is 24.8 Å². The summed E-state index contributed by atoms with van der Waals surface area (Å²) in [5, 5.41) is 0.844. The normalized spacial score (nSPS) is 16.8. The van der Waals surface area contributed by atoms with E-state index in [9.17, 15) is 0 Å². The van der Waals surface area contributed by atoms with Gasteiger partial charge in [-0.15, -0.1) is 36.6 Å². The van der Waals surface area contributed by atoms with Crippen LogP contribution in [0.3, 0.4) is 0 Å². The zero-order chi connectivity index (χ0) is 23.9.